The first-order valence-electron chi connectivity index (χ1n) is 9.53. The van der Waals surface area contributed by atoms with Gasteiger partial charge < -0.3 is 4.57 Å². The third kappa shape index (κ3) is 6.14. The van der Waals surface area contributed by atoms with Crippen LogP contribution in [0.4, 0.5) is 0 Å². The number of aromatic nitrogens is 1. The van der Waals surface area contributed by atoms with Crippen LogP contribution >= 0.6 is 46.5 Å². The zero-order chi connectivity index (χ0) is 20.8. The number of thioether (sulfide) groups is 2. The highest BCUT2D eigenvalue weighted by Gasteiger charge is 2.10. The van der Waals surface area contributed by atoms with E-state index in [-0.39, 0.29) is 5.91 Å². The van der Waals surface area contributed by atoms with Crippen molar-refractivity contribution < 1.29 is 4.79 Å². The second-order valence-corrected chi connectivity index (χ2v) is 10.4. The molecular formula is C22H25ClN2OS3. The predicted octanol–water partition coefficient (Wildman–Crippen LogP) is 6.34. The number of hydrogen-bond donors (Lipinski definition) is 0. The molecule has 3 nitrogen and oxygen atoms in total. The summed E-state index contributed by atoms with van der Waals surface area (Å²) in [6.45, 7) is 5.11. The molecule has 0 fully saturated rings. The van der Waals surface area contributed by atoms with E-state index < -0.39 is 0 Å². The van der Waals surface area contributed by atoms with Gasteiger partial charge in [0.2, 0.25) is 5.91 Å². The summed E-state index contributed by atoms with van der Waals surface area (Å²) in [4.78, 5) is 19.0. The summed E-state index contributed by atoms with van der Waals surface area (Å²) in [5.41, 5.74) is 3.67. The number of nitrogens with zero attached hydrogens (tertiary/aromatic N) is 2. The van der Waals surface area contributed by atoms with E-state index in [1.165, 1.54) is 26.2 Å². The van der Waals surface area contributed by atoms with Crippen molar-refractivity contribution in [2.45, 2.75) is 38.1 Å². The van der Waals surface area contributed by atoms with Crippen LogP contribution in [-0.2, 0) is 11.3 Å². The molecule has 0 unspecified atom stereocenters. The first kappa shape index (κ1) is 22.5. The predicted molar refractivity (Wildman–Crippen MR) is 130 cm³/mol. The van der Waals surface area contributed by atoms with Crippen molar-refractivity contribution in [1.82, 2.24) is 4.57 Å². The summed E-state index contributed by atoms with van der Waals surface area (Å²) >= 11 is 11.1. The highest BCUT2D eigenvalue weighted by molar-refractivity contribution is 7.99. The quantitative estimate of drug-likeness (QED) is 0.288. The number of fused-ring (bicyclic) bond motifs is 1. The SMILES string of the molecule is CSCCn1c(=NC(=O)CCCSc2ccc(Cl)cc2)sc2c(C)cc(C)cc21. The van der Waals surface area contributed by atoms with Gasteiger partial charge in [-0.05, 0) is 73.7 Å². The zero-order valence-corrected chi connectivity index (χ0v) is 20.1. The monoisotopic (exact) mass is 464 g/mol. The van der Waals surface area contributed by atoms with Crippen molar-refractivity contribution in [3.63, 3.8) is 0 Å². The fourth-order valence-electron chi connectivity index (χ4n) is 3.10. The van der Waals surface area contributed by atoms with Crippen LogP contribution < -0.4 is 4.80 Å². The summed E-state index contributed by atoms with van der Waals surface area (Å²) in [5, 5.41) is 0.742. The van der Waals surface area contributed by atoms with Crippen molar-refractivity contribution >= 4 is 62.6 Å². The highest BCUT2D eigenvalue weighted by Crippen LogP contribution is 2.24. The number of rotatable bonds is 8. The van der Waals surface area contributed by atoms with E-state index >= 15 is 0 Å². The Morgan fingerprint density at radius 1 is 1.17 bits per heavy atom. The average Bonchev–Trinajstić information content (AvgIpc) is 3.02. The minimum Gasteiger partial charge on any atom is -0.315 e. The van der Waals surface area contributed by atoms with Crippen molar-refractivity contribution in [3.8, 4) is 0 Å². The fourth-order valence-corrected chi connectivity index (χ4v) is 5.57. The lowest BCUT2D eigenvalue weighted by atomic mass is 10.1. The van der Waals surface area contributed by atoms with Crippen molar-refractivity contribution in [3.05, 3.63) is 57.3 Å². The molecule has 7 heteroatoms. The maximum Gasteiger partial charge on any atom is 0.248 e. The molecule has 0 aliphatic heterocycles. The Kier molecular flexibility index (Phi) is 8.30. The van der Waals surface area contributed by atoms with E-state index in [9.17, 15) is 4.79 Å². The lowest BCUT2D eigenvalue weighted by molar-refractivity contribution is -0.118. The van der Waals surface area contributed by atoms with Crippen molar-refractivity contribution in [1.29, 1.82) is 0 Å². The standard InChI is InChI=1S/C22H25ClN2OS3/c1-15-13-16(2)21-19(14-15)25(10-12-27-3)22(29-21)24-20(26)5-4-11-28-18-8-6-17(23)7-9-18/h6-9,13-14H,4-5,10-12H2,1-3H3. The Balaban J connectivity index is 1.71. The summed E-state index contributed by atoms with van der Waals surface area (Å²) in [6, 6.07) is 12.2. The van der Waals surface area contributed by atoms with Gasteiger partial charge in [0.05, 0.1) is 10.2 Å². The molecule has 3 rings (SSSR count). The van der Waals surface area contributed by atoms with Gasteiger partial charge in [-0.2, -0.15) is 16.8 Å². The van der Waals surface area contributed by atoms with E-state index in [1.54, 1.807) is 34.9 Å². The van der Waals surface area contributed by atoms with Gasteiger partial charge in [0.25, 0.3) is 0 Å². The second kappa shape index (κ2) is 10.7. The minimum atomic E-state index is -0.0412. The van der Waals surface area contributed by atoms with Crippen LogP contribution in [0, 0.1) is 13.8 Å². The molecule has 0 atom stereocenters. The molecule has 154 valence electrons. The number of amides is 1. The normalized spacial score (nSPS) is 12.1. The van der Waals surface area contributed by atoms with Gasteiger partial charge in [0, 0.05) is 28.6 Å². The average molecular weight is 465 g/mol. The van der Waals surface area contributed by atoms with Gasteiger partial charge in [-0.15, -0.1) is 11.8 Å². The number of carbonyl (C=O) groups is 1. The van der Waals surface area contributed by atoms with Crippen molar-refractivity contribution in [2.24, 2.45) is 4.99 Å². The third-order valence-electron chi connectivity index (χ3n) is 4.47. The molecule has 0 spiro atoms. The van der Waals surface area contributed by atoms with Crippen LogP contribution in [0.25, 0.3) is 10.2 Å². The van der Waals surface area contributed by atoms with Crippen LogP contribution in [-0.4, -0.2) is 28.2 Å². The lowest BCUT2D eigenvalue weighted by Gasteiger charge is -2.05. The van der Waals surface area contributed by atoms with Crippen LogP contribution in [0.3, 0.4) is 0 Å². The highest BCUT2D eigenvalue weighted by atomic mass is 35.5. The van der Waals surface area contributed by atoms with E-state index in [4.69, 9.17) is 11.6 Å². The summed E-state index contributed by atoms with van der Waals surface area (Å²) in [7, 11) is 0. The molecule has 0 bridgehead atoms. The van der Waals surface area contributed by atoms with E-state index in [1.807, 2.05) is 24.3 Å². The molecule has 0 N–H and O–H groups in total. The second-order valence-electron chi connectivity index (χ2n) is 6.87. The number of benzene rings is 2. The molecule has 29 heavy (non-hydrogen) atoms. The van der Waals surface area contributed by atoms with Gasteiger partial charge in [0.15, 0.2) is 4.80 Å². The molecule has 0 saturated carbocycles. The van der Waals surface area contributed by atoms with Gasteiger partial charge in [-0.3, -0.25) is 4.79 Å². The lowest BCUT2D eigenvalue weighted by Crippen LogP contribution is -2.18. The number of aryl methyl sites for hydroxylation is 3. The van der Waals surface area contributed by atoms with E-state index in [0.717, 1.165) is 34.3 Å². The fraction of sp³-hybridized carbons (Fsp3) is 0.364. The molecule has 1 aromatic heterocycles. The number of carbonyl (C=O) groups excluding carboxylic acids is 1. The molecule has 0 aliphatic carbocycles. The van der Waals surface area contributed by atoms with Crippen LogP contribution in [0.15, 0.2) is 46.3 Å². The van der Waals surface area contributed by atoms with Gasteiger partial charge >= 0.3 is 0 Å². The minimum absolute atomic E-state index is 0.0412. The van der Waals surface area contributed by atoms with Crippen LogP contribution in [0.2, 0.25) is 5.02 Å². The topological polar surface area (TPSA) is 34.4 Å². The molecule has 2 aromatic carbocycles. The number of thiazole rings is 1. The number of halogens is 1. The summed E-state index contributed by atoms with van der Waals surface area (Å²) < 4.78 is 3.43. The largest absolute Gasteiger partial charge is 0.315 e. The van der Waals surface area contributed by atoms with Crippen LogP contribution in [0.1, 0.15) is 24.0 Å². The molecule has 1 amide bonds. The molecule has 0 aliphatic rings. The zero-order valence-electron chi connectivity index (χ0n) is 16.9. The van der Waals surface area contributed by atoms with Crippen LogP contribution in [0.5, 0.6) is 0 Å². The Morgan fingerprint density at radius 3 is 2.66 bits per heavy atom. The van der Waals surface area contributed by atoms with Gasteiger partial charge in [-0.25, -0.2) is 0 Å². The van der Waals surface area contributed by atoms with E-state index in [0.29, 0.717) is 6.42 Å². The summed E-state index contributed by atoms with van der Waals surface area (Å²) in [5.74, 6) is 1.85. The maximum atomic E-state index is 12.5. The molecule has 1 heterocycles. The smallest absolute Gasteiger partial charge is 0.248 e. The summed E-state index contributed by atoms with van der Waals surface area (Å²) in [6.07, 6.45) is 3.38. The molecule has 3 aromatic rings. The number of hydrogen-bond acceptors (Lipinski definition) is 4. The van der Waals surface area contributed by atoms with E-state index in [2.05, 4.69) is 41.8 Å². The van der Waals surface area contributed by atoms with Gasteiger partial charge in [-0.1, -0.05) is 29.0 Å². The first-order valence-corrected chi connectivity index (χ1v) is 13.1. The molecule has 0 radical (unpaired) electrons. The Hall–Kier alpha value is -1.21. The Morgan fingerprint density at radius 2 is 1.93 bits per heavy atom. The third-order valence-corrected chi connectivity index (χ3v) is 7.64. The first-order chi connectivity index (χ1) is 14.0. The Bertz CT molecular complexity index is 1050. The van der Waals surface area contributed by atoms with Crippen molar-refractivity contribution in [2.75, 3.05) is 17.8 Å². The maximum absolute atomic E-state index is 12.5. The molecule has 0 saturated heterocycles. The molecular weight excluding hydrogens is 440 g/mol. The van der Waals surface area contributed by atoms with Gasteiger partial charge in [0.1, 0.15) is 0 Å². The Labute approximate surface area is 189 Å².